The second-order valence-electron chi connectivity index (χ2n) is 7.07. The van der Waals surface area contributed by atoms with E-state index in [1.165, 1.54) is 16.9 Å². The molecule has 2 N–H and O–H groups in total. The molecule has 1 unspecified atom stereocenters. The van der Waals surface area contributed by atoms with Crippen molar-refractivity contribution in [2.45, 2.75) is 18.9 Å². The van der Waals surface area contributed by atoms with Gasteiger partial charge < -0.3 is 20.4 Å². The Morgan fingerprint density at radius 1 is 1.25 bits per heavy atom. The number of likely N-dealkylation sites (tertiary alicyclic amines) is 1. The molecule has 3 amide bonds. The first-order valence-corrected chi connectivity index (χ1v) is 10.2. The Labute approximate surface area is 168 Å². The molecule has 1 aliphatic rings. The highest BCUT2D eigenvalue weighted by Gasteiger charge is 2.28. The van der Waals surface area contributed by atoms with Crippen LogP contribution in [0.4, 0.5) is 9.93 Å². The molecule has 8 nitrogen and oxygen atoms in total. The van der Waals surface area contributed by atoms with Gasteiger partial charge in [0, 0.05) is 25.6 Å². The molecule has 0 radical (unpaired) electrons. The molecule has 1 aliphatic heterocycles. The number of rotatable bonds is 6. The lowest BCUT2D eigenvalue weighted by Crippen LogP contribution is -2.47. The Morgan fingerprint density at radius 2 is 1.96 bits per heavy atom. The van der Waals surface area contributed by atoms with Crippen molar-refractivity contribution in [3.63, 3.8) is 0 Å². The van der Waals surface area contributed by atoms with Crippen LogP contribution in [-0.4, -0.2) is 65.7 Å². The van der Waals surface area contributed by atoms with Crippen molar-refractivity contribution in [2.75, 3.05) is 39.0 Å². The van der Waals surface area contributed by atoms with Gasteiger partial charge in [-0.25, -0.2) is 4.79 Å². The van der Waals surface area contributed by atoms with E-state index in [0.717, 1.165) is 0 Å². The van der Waals surface area contributed by atoms with Crippen LogP contribution in [0.15, 0.2) is 35.8 Å². The fourth-order valence-electron chi connectivity index (χ4n) is 3.35. The van der Waals surface area contributed by atoms with Gasteiger partial charge >= 0.3 is 6.03 Å². The Balaban J connectivity index is 1.46. The van der Waals surface area contributed by atoms with E-state index in [1.54, 1.807) is 10.4 Å². The topological polar surface area (TPSA) is 90.5 Å². The average molecular weight is 403 g/mol. The Hall–Kier alpha value is -2.52. The number of hydrogen-bond acceptors (Lipinski definition) is 6. The highest BCUT2D eigenvalue weighted by Crippen LogP contribution is 2.21. The Bertz CT molecular complexity index is 760. The third-order valence-electron chi connectivity index (χ3n) is 5.00. The first-order valence-electron chi connectivity index (χ1n) is 9.35. The molecule has 9 heteroatoms. The lowest BCUT2D eigenvalue weighted by atomic mass is 9.96. The summed E-state index contributed by atoms with van der Waals surface area (Å²) in [5.74, 6) is -0.152. The number of nitrogens with one attached hydrogen (secondary N) is 2. The third-order valence-corrected chi connectivity index (χ3v) is 5.60. The summed E-state index contributed by atoms with van der Waals surface area (Å²) in [4.78, 5) is 28.7. The van der Waals surface area contributed by atoms with Gasteiger partial charge in [0.25, 0.3) is 0 Å². The van der Waals surface area contributed by atoms with Gasteiger partial charge in [0.2, 0.25) is 11.0 Å². The van der Waals surface area contributed by atoms with E-state index in [9.17, 15) is 9.59 Å². The summed E-state index contributed by atoms with van der Waals surface area (Å²) < 4.78 is 0. The molecule has 1 fully saturated rings. The van der Waals surface area contributed by atoms with Crippen molar-refractivity contribution in [3.8, 4) is 0 Å². The summed E-state index contributed by atoms with van der Waals surface area (Å²) in [5.41, 5.74) is 2.75. The summed E-state index contributed by atoms with van der Waals surface area (Å²) in [6.07, 6.45) is 1.29. The van der Waals surface area contributed by atoms with Crippen molar-refractivity contribution in [3.05, 3.63) is 41.4 Å². The fraction of sp³-hybridized carbons (Fsp3) is 0.474. The van der Waals surface area contributed by atoms with Crippen LogP contribution in [0.3, 0.4) is 0 Å². The summed E-state index contributed by atoms with van der Waals surface area (Å²) in [6, 6.07) is 10.2. The van der Waals surface area contributed by atoms with Crippen LogP contribution in [0.25, 0.3) is 0 Å². The first-order chi connectivity index (χ1) is 13.5. The van der Waals surface area contributed by atoms with E-state index < -0.39 is 0 Å². The van der Waals surface area contributed by atoms with Gasteiger partial charge in [-0.15, -0.1) is 10.2 Å². The van der Waals surface area contributed by atoms with Crippen LogP contribution in [-0.2, 0) is 4.79 Å². The normalized spacial score (nSPS) is 16.0. The number of piperidine rings is 1. The average Bonchev–Trinajstić information content (AvgIpc) is 3.21. The molecule has 150 valence electrons. The molecular formula is C19H26N6O2S. The number of nitrogens with zero attached hydrogens (tertiary/aromatic N) is 4. The summed E-state index contributed by atoms with van der Waals surface area (Å²) in [5, 5.41) is 13.9. The molecule has 0 saturated carbocycles. The molecule has 1 saturated heterocycles. The summed E-state index contributed by atoms with van der Waals surface area (Å²) in [7, 11) is 4.01. The highest BCUT2D eigenvalue weighted by molar-refractivity contribution is 7.13. The maximum atomic E-state index is 12.6. The van der Waals surface area contributed by atoms with E-state index in [4.69, 9.17) is 0 Å². The molecular weight excluding hydrogens is 376 g/mol. The standard InChI is InChI=1S/C19H26N6O2S/c1-24(2)16(14-6-4-3-5-7-14)12-20-19(27)25-10-8-15(9-11-25)17(26)22-18-23-21-13-28-18/h3-7,13,15-16H,8-12H2,1-2H3,(H,20,27)(H,22,23,26). The summed E-state index contributed by atoms with van der Waals surface area (Å²) in [6.45, 7) is 1.67. The number of aromatic nitrogens is 2. The number of anilines is 1. The molecule has 2 heterocycles. The van der Waals surface area contributed by atoms with Crippen molar-refractivity contribution in [1.29, 1.82) is 0 Å². The van der Waals surface area contributed by atoms with Crippen molar-refractivity contribution >= 4 is 28.4 Å². The predicted octanol–water partition coefficient (Wildman–Crippen LogP) is 2.20. The van der Waals surface area contributed by atoms with Crippen molar-refractivity contribution in [1.82, 2.24) is 25.3 Å². The highest BCUT2D eigenvalue weighted by atomic mass is 32.1. The van der Waals surface area contributed by atoms with Crippen LogP contribution in [0.2, 0.25) is 0 Å². The molecule has 0 bridgehead atoms. The minimum absolute atomic E-state index is 0.0476. The second kappa shape index (κ2) is 9.61. The number of carbonyl (C=O) groups excluding carboxylic acids is 2. The maximum Gasteiger partial charge on any atom is 0.317 e. The van der Waals surface area contributed by atoms with Crippen LogP contribution in [0, 0.1) is 5.92 Å². The van der Waals surface area contributed by atoms with Crippen LogP contribution < -0.4 is 10.6 Å². The smallest absolute Gasteiger partial charge is 0.317 e. The van der Waals surface area contributed by atoms with Gasteiger partial charge in [0.05, 0.1) is 6.04 Å². The molecule has 0 aliphatic carbocycles. The number of urea groups is 1. The SMILES string of the molecule is CN(C)C(CNC(=O)N1CCC(C(=O)Nc2nncs2)CC1)c1ccccc1. The number of benzene rings is 1. The second-order valence-corrected chi connectivity index (χ2v) is 7.90. The van der Waals surface area contributed by atoms with Gasteiger partial charge in [-0.1, -0.05) is 41.7 Å². The van der Waals surface area contributed by atoms with E-state index in [1.807, 2.05) is 32.3 Å². The van der Waals surface area contributed by atoms with Crippen LogP contribution in [0.1, 0.15) is 24.4 Å². The van der Waals surface area contributed by atoms with E-state index in [0.29, 0.717) is 37.6 Å². The largest absolute Gasteiger partial charge is 0.336 e. The molecule has 3 rings (SSSR count). The number of hydrogen-bond donors (Lipinski definition) is 2. The zero-order chi connectivity index (χ0) is 19.9. The lowest BCUT2D eigenvalue weighted by molar-refractivity contribution is -0.121. The van der Waals surface area contributed by atoms with Crippen LogP contribution >= 0.6 is 11.3 Å². The monoisotopic (exact) mass is 402 g/mol. The zero-order valence-electron chi connectivity index (χ0n) is 16.2. The minimum atomic E-state index is -0.105. The van der Waals surface area contributed by atoms with Crippen molar-refractivity contribution < 1.29 is 9.59 Å². The molecule has 1 aromatic heterocycles. The van der Waals surface area contributed by atoms with Crippen molar-refractivity contribution in [2.24, 2.45) is 5.92 Å². The van der Waals surface area contributed by atoms with Gasteiger partial charge in [0.1, 0.15) is 5.51 Å². The van der Waals surface area contributed by atoms with Crippen LogP contribution in [0.5, 0.6) is 0 Å². The molecule has 1 aromatic carbocycles. The third kappa shape index (κ3) is 5.26. The molecule has 1 atom stereocenters. The van der Waals surface area contributed by atoms with E-state index in [-0.39, 0.29) is 23.9 Å². The van der Waals surface area contributed by atoms with Gasteiger partial charge in [-0.3, -0.25) is 4.79 Å². The first kappa shape index (κ1) is 20.2. The fourth-order valence-corrected chi connectivity index (χ4v) is 3.80. The van der Waals surface area contributed by atoms with Gasteiger partial charge in [-0.2, -0.15) is 0 Å². The minimum Gasteiger partial charge on any atom is -0.336 e. The van der Waals surface area contributed by atoms with E-state index >= 15 is 0 Å². The molecule has 0 spiro atoms. The summed E-state index contributed by atoms with van der Waals surface area (Å²) >= 11 is 1.30. The Morgan fingerprint density at radius 3 is 2.57 bits per heavy atom. The quantitative estimate of drug-likeness (QED) is 0.773. The zero-order valence-corrected chi connectivity index (χ0v) is 17.0. The predicted molar refractivity (Wildman–Crippen MR) is 109 cm³/mol. The van der Waals surface area contributed by atoms with Gasteiger partial charge in [0.15, 0.2) is 0 Å². The van der Waals surface area contributed by atoms with E-state index in [2.05, 4.69) is 37.9 Å². The number of carbonyl (C=O) groups is 2. The number of likely N-dealkylation sites (N-methyl/N-ethyl adjacent to an activating group) is 1. The number of amides is 3. The lowest BCUT2D eigenvalue weighted by Gasteiger charge is -2.32. The molecule has 2 aromatic rings. The Kier molecular flexibility index (Phi) is 6.94. The molecule has 28 heavy (non-hydrogen) atoms. The van der Waals surface area contributed by atoms with Gasteiger partial charge in [-0.05, 0) is 32.5 Å². The maximum absolute atomic E-state index is 12.6.